The van der Waals surface area contributed by atoms with E-state index in [0.29, 0.717) is 5.92 Å². The average molecular weight is 338 g/mol. The molecule has 2 aliphatic heterocycles. The molecular formula is C19H39N5. The molecule has 0 amide bonds. The van der Waals surface area contributed by atoms with E-state index in [4.69, 9.17) is 4.99 Å². The molecule has 2 aliphatic rings. The Morgan fingerprint density at radius 2 is 2.00 bits per heavy atom. The normalized spacial score (nSPS) is 27.2. The Bertz CT molecular complexity index is 371. The molecule has 2 heterocycles. The Kier molecular flexibility index (Phi) is 8.89. The smallest absolute Gasteiger partial charge is 0.191 e. The van der Waals surface area contributed by atoms with Gasteiger partial charge in [0.2, 0.25) is 0 Å². The van der Waals surface area contributed by atoms with Crippen molar-refractivity contribution in [1.82, 2.24) is 20.4 Å². The predicted molar refractivity (Wildman–Crippen MR) is 104 cm³/mol. The van der Waals surface area contributed by atoms with Crippen LogP contribution in [0.4, 0.5) is 0 Å². The Morgan fingerprint density at radius 1 is 1.12 bits per heavy atom. The van der Waals surface area contributed by atoms with E-state index in [9.17, 15) is 0 Å². The van der Waals surface area contributed by atoms with Gasteiger partial charge in [0.25, 0.3) is 0 Å². The quantitative estimate of drug-likeness (QED) is 0.424. The minimum Gasteiger partial charge on any atom is -0.357 e. The zero-order valence-corrected chi connectivity index (χ0v) is 16.2. The van der Waals surface area contributed by atoms with Gasteiger partial charge in [-0.05, 0) is 72.0 Å². The van der Waals surface area contributed by atoms with Crippen LogP contribution in [0.25, 0.3) is 0 Å². The first-order valence-corrected chi connectivity index (χ1v) is 10.1. The molecule has 2 atom stereocenters. The van der Waals surface area contributed by atoms with Crippen molar-refractivity contribution in [3.63, 3.8) is 0 Å². The lowest BCUT2D eigenvalue weighted by molar-refractivity contribution is 0.159. The Morgan fingerprint density at radius 3 is 2.75 bits per heavy atom. The van der Waals surface area contributed by atoms with E-state index in [2.05, 4.69) is 41.3 Å². The maximum absolute atomic E-state index is 4.83. The van der Waals surface area contributed by atoms with Crippen molar-refractivity contribution in [3.8, 4) is 0 Å². The number of guanidine groups is 1. The highest BCUT2D eigenvalue weighted by Gasteiger charge is 2.18. The fourth-order valence-corrected chi connectivity index (χ4v) is 3.96. The summed E-state index contributed by atoms with van der Waals surface area (Å²) < 4.78 is 0. The molecule has 2 fully saturated rings. The highest BCUT2D eigenvalue weighted by Crippen LogP contribution is 2.16. The van der Waals surface area contributed by atoms with Gasteiger partial charge in [0, 0.05) is 38.8 Å². The summed E-state index contributed by atoms with van der Waals surface area (Å²) in [7, 11) is 2.22. The van der Waals surface area contributed by atoms with Crippen molar-refractivity contribution in [3.05, 3.63) is 0 Å². The molecule has 2 unspecified atom stereocenters. The van der Waals surface area contributed by atoms with Crippen LogP contribution in [0, 0.1) is 5.92 Å². The van der Waals surface area contributed by atoms with Crippen LogP contribution in [0.3, 0.4) is 0 Å². The highest BCUT2D eigenvalue weighted by atomic mass is 15.2. The summed E-state index contributed by atoms with van der Waals surface area (Å²) >= 11 is 0. The third kappa shape index (κ3) is 6.98. The minimum atomic E-state index is 0.716. The van der Waals surface area contributed by atoms with Gasteiger partial charge in [-0.3, -0.25) is 4.99 Å². The lowest BCUT2D eigenvalue weighted by Gasteiger charge is -2.33. The van der Waals surface area contributed by atoms with E-state index in [1.165, 1.54) is 64.7 Å². The van der Waals surface area contributed by atoms with Gasteiger partial charge in [0.1, 0.15) is 0 Å². The van der Waals surface area contributed by atoms with Gasteiger partial charge in [0.15, 0.2) is 5.96 Å². The highest BCUT2D eigenvalue weighted by molar-refractivity contribution is 5.79. The van der Waals surface area contributed by atoms with Gasteiger partial charge in [-0.15, -0.1) is 0 Å². The first-order chi connectivity index (χ1) is 11.7. The van der Waals surface area contributed by atoms with Crippen molar-refractivity contribution >= 4 is 5.96 Å². The molecule has 5 heteroatoms. The molecule has 140 valence electrons. The van der Waals surface area contributed by atoms with E-state index in [1.807, 2.05) is 0 Å². The van der Waals surface area contributed by atoms with Crippen LogP contribution in [0.1, 0.15) is 52.4 Å². The van der Waals surface area contributed by atoms with Crippen LogP contribution < -0.4 is 10.6 Å². The van der Waals surface area contributed by atoms with Crippen LogP contribution in [-0.2, 0) is 0 Å². The minimum absolute atomic E-state index is 0.716. The summed E-state index contributed by atoms with van der Waals surface area (Å²) in [4.78, 5) is 9.91. The summed E-state index contributed by atoms with van der Waals surface area (Å²) in [6.45, 7) is 12.3. The molecule has 0 radical (unpaired) electrons. The number of likely N-dealkylation sites (tertiary alicyclic amines) is 2. The zero-order valence-electron chi connectivity index (χ0n) is 16.2. The standard InChI is InChI=1S/C19H39N5/c1-4-20-19(22-15-18-10-7-12-23(3)16-18)21-11-8-14-24-13-6-5-9-17(24)2/h17-18H,4-16H2,1-3H3,(H2,20,21,22). The van der Waals surface area contributed by atoms with Gasteiger partial charge < -0.3 is 20.4 Å². The Balaban J connectivity index is 1.67. The molecule has 0 aromatic rings. The van der Waals surface area contributed by atoms with E-state index in [1.54, 1.807) is 0 Å². The largest absolute Gasteiger partial charge is 0.357 e. The molecule has 0 aliphatic carbocycles. The van der Waals surface area contributed by atoms with Crippen LogP contribution in [-0.4, -0.2) is 74.7 Å². The molecule has 2 rings (SSSR count). The third-order valence-electron chi connectivity index (χ3n) is 5.43. The lowest BCUT2D eigenvalue weighted by Crippen LogP contribution is -2.41. The first-order valence-electron chi connectivity index (χ1n) is 10.1. The lowest BCUT2D eigenvalue weighted by atomic mass is 9.99. The maximum Gasteiger partial charge on any atom is 0.191 e. The zero-order chi connectivity index (χ0) is 17.2. The summed E-state index contributed by atoms with van der Waals surface area (Å²) in [5, 5.41) is 6.92. The molecule has 24 heavy (non-hydrogen) atoms. The van der Waals surface area contributed by atoms with Crippen molar-refractivity contribution in [2.45, 2.75) is 58.4 Å². The molecule has 2 saturated heterocycles. The van der Waals surface area contributed by atoms with E-state index < -0.39 is 0 Å². The summed E-state index contributed by atoms with van der Waals surface area (Å²) in [6.07, 6.45) is 7.98. The van der Waals surface area contributed by atoms with Gasteiger partial charge in [-0.25, -0.2) is 0 Å². The topological polar surface area (TPSA) is 42.9 Å². The number of nitrogens with one attached hydrogen (secondary N) is 2. The molecular weight excluding hydrogens is 298 g/mol. The number of hydrogen-bond donors (Lipinski definition) is 2. The SMILES string of the molecule is CCNC(=NCC1CCCN(C)C1)NCCCN1CCCCC1C. The van der Waals surface area contributed by atoms with Crippen molar-refractivity contribution in [1.29, 1.82) is 0 Å². The number of hydrogen-bond acceptors (Lipinski definition) is 3. The predicted octanol–water partition coefficient (Wildman–Crippen LogP) is 2.15. The second-order valence-electron chi connectivity index (χ2n) is 7.65. The fraction of sp³-hybridized carbons (Fsp3) is 0.947. The van der Waals surface area contributed by atoms with Gasteiger partial charge in [-0.1, -0.05) is 6.42 Å². The number of nitrogens with zero attached hydrogens (tertiary/aromatic N) is 3. The molecule has 0 spiro atoms. The van der Waals surface area contributed by atoms with Crippen LogP contribution in [0.2, 0.25) is 0 Å². The van der Waals surface area contributed by atoms with Gasteiger partial charge in [0.05, 0.1) is 0 Å². The summed E-state index contributed by atoms with van der Waals surface area (Å²) in [5.74, 6) is 1.71. The number of piperidine rings is 2. The van der Waals surface area contributed by atoms with E-state index >= 15 is 0 Å². The Hall–Kier alpha value is -0.810. The second-order valence-corrected chi connectivity index (χ2v) is 7.65. The maximum atomic E-state index is 4.83. The fourth-order valence-electron chi connectivity index (χ4n) is 3.96. The number of rotatable bonds is 7. The Labute approximate surface area is 149 Å². The molecule has 2 N–H and O–H groups in total. The van der Waals surface area contributed by atoms with Crippen LogP contribution in [0.15, 0.2) is 4.99 Å². The molecule has 5 nitrogen and oxygen atoms in total. The molecule has 0 aromatic heterocycles. The third-order valence-corrected chi connectivity index (χ3v) is 5.43. The second kappa shape index (κ2) is 10.9. The van der Waals surface area contributed by atoms with E-state index in [-0.39, 0.29) is 0 Å². The average Bonchev–Trinajstić information content (AvgIpc) is 2.58. The number of aliphatic imine (C=N–C) groups is 1. The monoisotopic (exact) mass is 337 g/mol. The van der Waals surface area contributed by atoms with Gasteiger partial charge >= 0.3 is 0 Å². The molecule has 0 saturated carbocycles. The van der Waals surface area contributed by atoms with Crippen molar-refractivity contribution in [2.75, 3.05) is 52.9 Å². The summed E-state index contributed by atoms with van der Waals surface area (Å²) in [5.41, 5.74) is 0. The molecule has 0 bridgehead atoms. The van der Waals surface area contributed by atoms with Crippen molar-refractivity contribution in [2.24, 2.45) is 10.9 Å². The van der Waals surface area contributed by atoms with Crippen LogP contribution in [0.5, 0.6) is 0 Å². The van der Waals surface area contributed by atoms with E-state index in [0.717, 1.165) is 31.6 Å². The van der Waals surface area contributed by atoms with Crippen LogP contribution >= 0.6 is 0 Å². The van der Waals surface area contributed by atoms with Gasteiger partial charge in [-0.2, -0.15) is 0 Å². The van der Waals surface area contributed by atoms with Crippen molar-refractivity contribution < 1.29 is 0 Å². The molecule has 0 aromatic carbocycles. The summed E-state index contributed by atoms with van der Waals surface area (Å²) in [6, 6.07) is 0.768. The first kappa shape index (κ1) is 19.5.